The van der Waals surface area contributed by atoms with E-state index in [0.29, 0.717) is 16.5 Å². The molecule has 0 amide bonds. The number of unbranched alkanes of at least 4 members (excludes halogenated alkanes) is 3. The summed E-state index contributed by atoms with van der Waals surface area (Å²) in [4.78, 5) is 4.99. The van der Waals surface area contributed by atoms with Gasteiger partial charge in [-0.15, -0.1) is 0 Å². The van der Waals surface area contributed by atoms with Crippen LogP contribution in [0.2, 0.25) is 18.3 Å². The SMILES string of the molecule is CCC[CH2][Sn]([CH2]CCC)([CH2]CCC)[c]1cccc(OCc2ccc(Cl)cc2F)n1. The van der Waals surface area contributed by atoms with E-state index in [1.165, 1.54) is 61.6 Å². The third kappa shape index (κ3) is 7.43. The molecule has 0 radical (unpaired) electrons. The van der Waals surface area contributed by atoms with Crippen LogP contribution in [0.3, 0.4) is 0 Å². The molecule has 5 heteroatoms. The van der Waals surface area contributed by atoms with E-state index in [4.69, 9.17) is 21.3 Å². The van der Waals surface area contributed by atoms with E-state index in [-0.39, 0.29) is 12.4 Å². The zero-order valence-electron chi connectivity index (χ0n) is 18.1. The number of pyridine rings is 1. The molecule has 0 aliphatic carbocycles. The van der Waals surface area contributed by atoms with Gasteiger partial charge in [-0.25, -0.2) is 0 Å². The number of rotatable bonds is 13. The topological polar surface area (TPSA) is 22.1 Å². The number of aromatic nitrogens is 1. The molecule has 0 saturated carbocycles. The molecule has 29 heavy (non-hydrogen) atoms. The summed E-state index contributed by atoms with van der Waals surface area (Å²) in [5, 5.41) is 0.396. The number of hydrogen-bond acceptors (Lipinski definition) is 2. The first-order valence-corrected chi connectivity index (χ1v) is 18.9. The molecule has 0 unspecified atom stereocenters. The van der Waals surface area contributed by atoms with Crippen LogP contribution in [-0.4, -0.2) is 23.4 Å². The second-order valence-corrected chi connectivity index (χ2v) is 21.5. The molecule has 0 spiro atoms. The Morgan fingerprint density at radius 2 is 1.55 bits per heavy atom. The molecule has 1 heterocycles. The van der Waals surface area contributed by atoms with Crippen molar-refractivity contribution >= 4 is 33.7 Å². The molecule has 2 rings (SSSR count). The van der Waals surface area contributed by atoms with Gasteiger partial charge in [-0.2, -0.15) is 0 Å². The van der Waals surface area contributed by atoms with Crippen molar-refractivity contribution in [1.29, 1.82) is 0 Å². The van der Waals surface area contributed by atoms with E-state index in [1.807, 2.05) is 6.07 Å². The zero-order valence-corrected chi connectivity index (χ0v) is 21.8. The second kappa shape index (κ2) is 12.8. The quantitative estimate of drug-likeness (QED) is 0.252. The normalized spacial score (nSPS) is 11.6. The van der Waals surface area contributed by atoms with Crippen molar-refractivity contribution in [2.45, 2.75) is 79.2 Å². The Bertz CT molecular complexity index is 734. The van der Waals surface area contributed by atoms with Crippen molar-refractivity contribution < 1.29 is 9.13 Å². The van der Waals surface area contributed by atoms with Crippen molar-refractivity contribution in [2.24, 2.45) is 0 Å². The molecule has 2 aromatic rings. The van der Waals surface area contributed by atoms with Gasteiger partial charge < -0.3 is 0 Å². The van der Waals surface area contributed by atoms with E-state index < -0.39 is 18.4 Å². The van der Waals surface area contributed by atoms with Gasteiger partial charge >= 0.3 is 186 Å². The monoisotopic (exact) mass is 527 g/mol. The molecule has 0 bridgehead atoms. The van der Waals surface area contributed by atoms with Crippen molar-refractivity contribution in [3.63, 3.8) is 0 Å². The van der Waals surface area contributed by atoms with E-state index in [1.54, 1.807) is 12.1 Å². The predicted molar refractivity (Wildman–Crippen MR) is 125 cm³/mol. The predicted octanol–water partition coefficient (Wildman–Crippen LogP) is 7.51. The minimum atomic E-state index is -2.59. The molecule has 1 aromatic carbocycles. The van der Waals surface area contributed by atoms with Crippen LogP contribution in [0.1, 0.15) is 64.9 Å². The Morgan fingerprint density at radius 1 is 0.931 bits per heavy atom. The molecule has 0 aliphatic rings. The number of benzene rings is 1. The van der Waals surface area contributed by atoms with Crippen LogP contribution in [-0.2, 0) is 6.61 Å². The second-order valence-electron chi connectivity index (χ2n) is 7.98. The van der Waals surface area contributed by atoms with E-state index in [0.717, 1.165) is 0 Å². The van der Waals surface area contributed by atoms with Crippen LogP contribution in [0.25, 0.3) is 0 Å². The first kappa shape index (κ1) is 24.5. The van der Waals surface area contributed by atoms with Gasteiger partial charge in [-0.05, 0) is 0 Å². The van der Waals surface area contributed by atoms with Crippen molar-refractivity contribution in [2.75, 3.05) is 0 Å². The number of hydrogen-bond donors (Lipinski definition) is 0. The van der Waals surface area contributed by atoms with Gasteiger partial charge in [0.2, 0.25) is 0 Å². The Kier molecular flexibility index (Phi) is 10.8. The summed E-state index contributed by atoms with van der Waals surface area (Å²) in [6.45, 7) is 7.01. The first-order chi connectivity index (χ1) is 14.0. The van der Waals surface area contributed by atoms with Gasteiger partial charge in [0.05, 0.1) is 0 Å². The summed E-state index contributed by atoms with van der Waals surface area (Å²) in [7, 11) is 0. The standard InChI is InChI=1S/C12H8ClFNO.3C4H9.Sn/c13-10-5-4-9(11(14)7-10)8-16-12-3-1-2-6-15-12;3*1-3-4-2;/h1-5,7H,8H2;3*1,3-4H2,2H3;. The van der Waals surface area contributed by atoms with E-state index >= 15 is 0 Å². The molecular weight excluding hydrogens is 491 g/mol. The van der Waals surface area contributed by atoms with Gasteiger partial charge in [0.1, 0.15) is 0 Å². The third-order valence-corrected chi connectivity index (χ3v) is 21.0. The van der Waals surface area contributed by atoms with E-state index in [9.17, 15) is 4.39 Å². The maximum atomic E-state index is 14.1. The maximum absolute atomic E-state index is 14.1. The van der Waals surface area contributed by atoms with Crippen molar-refractivity contribution in [3.05, 3.63) is 52.8 Å². The van der Waals surface area contributed by atoms with Crippen LogP contribution in [0.15, 0.2) is 36.4 Å². The third-order valence-electron chi connectivity index (χ3n) is 5.68. The molecule has 160 valence electrons. The Hall–Kier alpha value is -0.811. The molecule has 0 saturated heterocycles. The van der Waals surface area contributed by atoms with Gasteiger partial charge in [0, 0.05) is 0 Å². The minimum absolute atomic E-state index is 0.168. The zero-order chi connectivity index (χ0) is 21.1. The van der Waals surface area contributed by atoms with Gasteiger partial charge in [0.15, 0.2) is 0 Å². The number of nitrogens with zero attached hydrogens (tertiary/aromatic N) is 1. The summed E-state index contributed by atoms with van der Waals surface area (Å²) >= 11 is 3.26. The van der Waals surface area contributed by atoms with E-state index in [2.05, 4.69) is 32.9 Å². The van der Waals surface area contributed by atoms with Crippen LogP contribution in [0.4, 0.5) is 4.39 Å². The number of ether oxygens (including phenoxy) is 1. The molecule has 2 nitrogen and oxygen atoms in total. The van der Waals surface area contributed by atoms with Gasteiger partial charge in [-0.3, -0.25) is 0 Å². The summed E-state index contributed by atoms with van der Waals surface area (Å²) in [5.41, 5.74) is 0.499. The summed E-state index contributed by atoms with van der Waals surface area (Å²) in [6, 6.07) is 10.9. The Balaban J connectivity index is 2.24. The average Bonchev–Trinajstić information content (AvgIpc) is 2.73. The molecular formula is C24H35ClFNOSn. The molecule has 1 aromatic heterocycles. The van der Waals surface area contributed by atoms with Crippen LogP contribution in [0, 0.1) is 5.82 Å². The molecule has 0 atom stereocenters. The van der Waals surface area contributed by atoms with Crippen molar-refractivity contribution in [3.8, 4) is 5.88 Å². The summed E-state index contributed by atoms with van der Waals surface area (Å²) in [6.07, 6.45) is 7.61. The fraction of sp³-hybridized carbons (Fsp3) is 0.542. The first-order valence-electron chi connectivity index (χ1n) is 11.1. The average molecular weight is 527 g/mol. The molecule has 0 fully saturated rings. The molecule has 0 N–H and O–H groups in total. The number of halogens is 2. The van der Waals surface area contributed by atoms with Gasteiger partial charge in [0.25, 0.3) is 0 Å². The van der Waals surface area contributed by atoms with Crippen molar-refractivity contribution in [1.82, 2.24) is 4.98 Å². The summed E-state index contributed by atoms with van der Waals surface area (Å²) < 4.78 is 25.4. The van der Waals surface area contributed by atoms with Crippen LogP contribution < -0.4 is 8.45 Å². The molecule has 0 aliphatic heterocycles. The fourth-order valence-electron chi connectivity index (χ4n) is 3.89. The summed E-state index contributed by atoms with van der Waals surface area (Å²) in [5.74, 6) is 0.276. The van der Waals surface area contributed by atoms with Gasteiger partial charge in [-0.1, -0.05) is 0 Å². The fourth-order valence-corrected chi connectivity index (χ4v) is 19.5. The Labute approximate surface area is 185 Å². The van der Waals surface area contributed by atoms with Crippen LogP contribution >= 0.6 is 11.6 Å². The Morgan fingerprint density at radius 3 is 2.10 bits per heavy atom. The van der Waals surface area contributed by atoms with Crippen LogP contribution in [0.5, 0.6) is 5.88 Å².